The minimum Gasteiger partial charge on any atom is -0.309 e. The Kier molecular flexibility index (Phi) is 1.96. The highest BCUT2D eigenvalue weighted by Gasteiger charge is 2.16. The lowest BCUT2D eigenvalue weighted by Gasteiger charge is -2.05. The van der Waals surface area contributed by atoms with E-state index in [2.05, 4.69) is 23.7 Å². The summed E-state index contributed by atoms with van der Waals surface area (Å²) in [5.41, 5.74) is 1.40. The molecular formula is C9H13NS. The lowest BCUT2D eigenvalue weighted by Crippen LogP contribution is -2.11. The average Bonchev–Trinajstić information content (AvgIpc) is 2.55. The van der Waals surface area contributed by atoms with Crippen LogP contribution in [0.25, 0.3) is 0 Å². The second-order valence-electron chi connectivity index (χ2n) is 3.18. The van der Waals surface area contributed by atoms with Crippen molar-refractivity contribution in [1.82, 2.24) is 5.32 Å². The summed E-state index contributed by atoms with van der Waals surface area (Å²) < 4.78 is 0. The Bertz CT molecular complexity index is 235. The van der Waals surface area contributed by atoms with Crippen LogP contribution in [0.4, 0.5) is 0 Å². The normalized spacial score (nSPS) is 24.3. The van der Waals surface area contributed by atoms with E-state index < -0.39 is 0 Å². The van der Waals surface area contributed by atoms with Crippen LogP contribution in [0.2, 0.25) is 0 Å². The Morgan fingerprint density at radius 3 is 3.09 bits per heavy atom. The van der Waals surface area contributed by atoms with Gasteiger partial charge in [0.05, 0.1) is 0 Å². The molecule has 1 aliphatic rings. The molecule has 0 bridgehead atoms. The van der Waals surface area contributed by atoms with Crippen LogP contribution in [0.5, 0.6) is 0 Å². The number of aryl methyl sites for hydroxylation is 1. The lowest BCUT2D eigenvalue weighted by atomic mass is 10.2. The number of thiophene rings is 1. The summed E-state index contributed by atoms with van der Waals surface area (Å²) in [6.45, 7) is 3.36. The lowest BCUT2D eigenvalue weighted by molar-refractivity contribution is 0.659. The smallest absolute Gasteiger partial charge is 0.0415 e. The van der Waals surface area contributed by atoms with Gasteiger partial charge in [-0.2, -0.15) is 0 Å². The second kappa shape index (κ2) is 2.95. The summed E-state index contributed by atoms with van der Waals surface area (Å²) in [5.74, 6) is 0. The third-order valence-electron chi connectivity index (χ3n) is 2.15. The molecule has 2 heterocycles. The number of rotatable bonds is 1. The largest absolute Gasteiger partial charge is 0.309 e. The van der Waals surface area contributed by atoms with E-state index >= 15 is 0 Å². The van der Waals surface area contributed by atoms with Crippen LogP contribution < -0.4 is 5.32 Å². The Hall–Kier alpha value is -0.340. The molecule has 1 fully saturated rings. The van der Waals surface area contributed by atoms with E-state index in [1.807, 2.05) is 11.3 Å². The van der Waals surface area contributed by atoms with Crippen LogP contribution in [-0.2, 0) is 0 Å². The first-order valence-corrected chi connectivity index (χ1v) is 5.02. The fraction of sp³-hybridized carbons (Fsp3) is 0.556. The molecule has 1 nitrogen and oxygen atoms in total. The van der Waals surface area contributed by atoms with Crippen molar-refractivity contribution in [3.05, 3.63) is 21.9 Å². The van der Waals surface area contributed by atoms with Gasteiger partial charge in [-0.25, -0.2) is 0 Å². The van der Waals surface area contributed by atoms with Crippen molar-refractivity contribution in [2.24, 2.45) is 0 Å². The van der Waals surface area contributed by atoms with Gasteiger partial charge in [0.2, 0.25) is 0 Å². The first-order chi connectivity index (χ1) is 5.36. The zero-order valence-electron chi connectivity index (χ0n) is 6.76. The molecule has 0 saturated carbocycles. The summed E-state index contributed by atoms with van der Waals surface area (Å²) in [4.78, 5) is 1.51. The number of nitrogens with one attached hydrogen (secondary N) is 1. The van der Waals surface area contributed by atoms with Crippen molar-refractivity contribution in [2.75, 3.05) is 6.54 Å². The zero-order chi connectivity index (χ0) is 7.68. The van der Waals surface area contributed by atoms with Gasteiger partial charge >= 0.3 is 0 Å². The van der Waals surface area contributed by atoms with Gasteiger partial charge in [0, 0.05) is 10.9 Å². The van der Waals surface area contributed by atoms with Crippen LogP contribution >= 0.6 is 11.3 Å². The number of hydrogen-bond acceptors (Lipinski definition) is 2. The first kappa shape index (κ1) is 7.32. The molecule has 2 rings (SSSR count). The fourth-order valence-corrected chi connectivity index (χ4v) is 2.57. The van der Waals surface area contributed by atoms with Gasteiger partial charge in [0.15, 0.2) is 0 Å². The Morgan fingerprint density at radius 2 is 2.55 bits per heavy atom. The summed E-state index contributed by atoms with van der Waals surface area (Å²) in [7, 11) is 0. The standard InChI is InChI=1S/C9H13NS/c1-7-5-9(11-6-7)8-3-2-4-10-8/h5-6,8,10H,2-4H2,1H3/t8-/m0/s1. The van der Waals surface area contributed by atoms with E-state index in [4.69, 9.17) is 0 Å². The monoisotopic (exact) mass is 167 g/mol. The van der Waals surface area contributed by atoms with Crippen molar-refractivity contribution >= 4 is 11.3 Å². The van der Waals surface area contributed by atoms with E-state index in [0.717, 1.165) is 0 Å². The molecule has 1 atom stereocenters. The summed E-state index contributed by atoms with van der Waals surface area (Å²) in [6, 6.07) is 2.96. The molecule has 1 N–H and O–H groups in total. The number of hydrogen-bond donors (Lipinski definition) is 1. The Morgan fingerprint density at radius 1 is 1.64 bits per heavy atom. The maximum atomic E-state index is 3.50. The predicted molar refractivity (Wildman–Crippen MR) is 49.0 cm³/mol. The molecule has 0 radical (unpaired) electrons. The van der Waals surface area contributed by atoms with Gasteiger partial charge < -0.3 is 5.32 Å². The second-order valence-corrected chi connectivity index (χ2v) is 4.12. The van der Waals surface area contributed by atoms with Crippen molar-refractivity contribution in [2.45, 2.75) is 25.8 Å². The van der Waals surface area contributed by atoms with Crippen molar-refractivity contribution in [3.8, 4) is 0 Å². The van der Waals surface area contributed by atoms with Gasteiger partial charge in [-0.05, 0) is 43.3 Å². The molecule has 0 spiro atoms. The molecule has 1 saturated heterocycles. The molecule has 1 aromatic heterocycles. The highest BCUT2D eigenvalue weighted by atomic mass is 32.1. The van der Waals surface area contributed by atoms with E-state index in [1.54, 1.807) is 0 Å². The SMILES string of the molecule is Cc1csc([C@@H]2CCCN2)c1. The third kappa shape index (κ3) is 1.47. The molecule has 1 aromatic rings. The van der Waals surface area contributed by atoms with E-state index in [-0.39, 0.29) is 0 Å². The maximum absolute atomic E-state index is 3.50. The van der Waals surface area contributed by atoms with Crippen LogP contribution in [0.1, 0.15) is 29.3 Å². The minimum atomic E-state index is 0.661. The molecular weight excluding hydrogens is 154 g/mol. The molecule has 60 valence electrons. The van der Waals surface area contributed by atoms with Gasteiger partial charge in [-0.1, -0.05) is 0 Å². The Labute approximate surface area is 71.4 Å². The fourth-order valence-electron chi connectivity index (χ4n) is 1.56. The molecule has 0 unspecified atom stereocenters. The summed E-state index contributed by atoms with van der Waals surface area (Å²) in [5, 5.41) is 5.73. The quantitative estimate of drug-likeness (QED) is 0.677. The van der Waals surface area contributed by atoms with E-state index in [1.165, 1.54) is 29.8 Å². The van der Waals surface area contributed by atoms with Crippen LogP contribution in [-0.4, -0.2) is 6.54 Å². The molecule has 2 heteroatoms. The average molecular weight is 167 g/mol. The maximum Gasteiger partial charge on any atom is 0.0415 e. The molecule has 11 heavy (non-hydrogen) atoms. The van der Waals surface area contributed by atoms with Crippen molar-refractivity contribution < 1.29 is 0 Å². The van der Waals surface area contributed by atoms with Gasteiger partial charge in [-0.3, -0.25) is 0 Å². The molecule has 1 aliphatic heterocycles. The topological polar surface area (TPSA) is 12.0 Å². The minimum absolute atomic E-state index is 0.661. The van der Waals surface area contributed by atoms with Gasteiger partial charge in [0.25, 0.3) is 0 Å². The molecule has 0 amide bonds. The first-order valence-electron chi connectivity index (χ1n) is 4.15. The van der Waals surface area contributed by atoms with Crippen molar-refractivity contribution in [3.63, 3.8) is 0 Å². The molecule has 0 aliphatic carbocycles. The van der Waals surface area contributed by atoms with Crippen LogP contribution in [0.3, 0.4) is 0 Å². The van der Waals surface area contributed by atoms with E-state index in [9.17, 15) is 0 Å². The third-order valence-corrected chi connectivity index (χ3v) is 3.32. The van der Waals surface area contributed by atoms with Crippen LogP contribution in [0, 0.1) is 6.92 Å². The van der Waals surface area contributed by atoms with E-state index in [0.29, 0.717) is 6.04 Å². The predicted octanol–water partition coefficient (Wildman–Crippen LogP) is 2.48. The Balaban J connectivity index is 2.15. The summed E-state index contributed by atoms with van der Waals surface area (Å²) >= 11 is 1.88. The zero-order valence-corrected chi connectivity index (χ0v) is 7.58. The molecule has 0 aromatic carbocycles. The highest BCUT2D eigenvalue weighted by Crippen LogP contribution is 2.27. The van der Waals surface area contributed by atoms with Crippen molar-refractivity contribution in [1.29, 1.82) is 0 Å². The van der Waals surface area contributed by atoms with Crippen LogP contribution in [0.15, 0.2) is 11.4 Å². The van der Waals surface area contributed by atoms with Gasteiger partial charge in [0.1, 0.15) is 0 Å². The summed E-state index contributed by atoms with van der Waals surface area (Å²) in [6.07, 6.45) is 2.65. The van der Waals surface area contributed by atoms with Gasteiger partial charge in [-0.15, -0.1) is 11.3 Å². The highest BCUT2D eigenvalue weighted by molar-refractivity contribution is 7.10.